The summed E-state index contributed by atoms with van der Waals surface area (Å²) in [6, 6.07) is 20.3. The highest BCUT2D eigenvalue weighted by Crippen LogP contribution is 2.32. The number of hydrogen-bond donors (Lipinski definition) is 3. The van der Waals surface area contributed by atoms with Crippen LogP contribution in [0.4, 0.5) is 5.69 Å². The summed E-state index contributed by atoms with van der Waals surface area (Å²) < 4.78 is 5.30. The molecule has 0 aliphatic carbocycles. The minimum atomic E-state index is -0.391. The molecule has 14 nitrogen and oxygen atoms in total. The Balaban J connectivity index is 0.865. The molecule has 0 saturated carbocycles. The van der Waals surface area contributed by atoms with Crippen LogP contribution in [-0.2, 0) is 21.4 Å². The fourth-order valence-electron chi connectivity index (χ4n) is 7.72. The smallest absolute Gasteiger partial charge is 0.293 e. The summed E-state index contributed by atoms with van der Waals surface area (Å²) in [5.41, 5.74) is 9.08. The summed E-state index contributed by atoms with van der Waals surface area (Å²) >= 11 is 0. The fourth-order valence-corrected chi connectivity index (χ4v) is 7.72. The van der Waals surface area contributed by atoms with E-state index in [1.54, 1.807) is 0 Å². The Morgan fingerprint density at radius 3 is 2.45 bits per heavy atom. The maximum atomic E-state index is 12.9. The number of nitrogens with one attached hydrogen (secondary N) is 3. The third kappa shape index (κ3) is 8.23. The minimum Gasteiger partial charge on any atom is -0.368 e. The predicted molar refractivity (Wildman–Crippen MR) is 220 cm³/mol. The van der Waals surface area contributed by atoms with Crippen molar-refractivity contribution in [1.29, 1.82) is 0 Å². The largest absolute Gasteiger partial charge is 0.368 e. The number of H-pyrrole nitrogens is 1. The van der Waals surface area contributed by atoms with E-state index in [-0.39, 0.29) is 35.0 Å². The molecule has 3 amide bonds. The number of carbonyl (C=O) groups is 3. The molecule has 6 aromatic rings. The van der Waals surface area contributed by atoms with Crippen LogP contribution in [0.2, 0.25) is 0 Å². The molecule has 2 aromatic carbocycles. The van der Waals surface area contributed by atoms with E-state index in [0.29, 0.717) is 24.4 Å². The van der Waals surface area contributed by atoms with Gasteiger partial charge in [-0.05, 0) is 73.2 Å². The zero-order valence-corrected chi connectivity index (χ0v) is 33.5. The molecule has 2 saturated heterocycles. The molecule has 0 spiro atoms. The number of fused-ring (bicyclic) bond motifs is 1. The molecule has 3 N–H and O–H groups in total. The molecule has 298 valence electrons. The number of hydrogen-bond acceptors (Lipinski definition) is 11. The molecule has 0 bridgehead atoms. The van der Waals surface area contributed by atoms with Gasteiger partial charge in [-0.15, -0.1) is 0 Å². The molecular formula is C44H48N10O4. The van der Waals surface area contributed by atoms with E-state index in [4.69, 9.17) is 9.51 Å². The van der Waals surface area contributed by atoms with Gasteiger partial charge in [0, 0.05) is 67.3 Å². The molecule has 2 atom stereocenters. The topological polar surface area (TPSA) is 175 Å². The Kier molecular flexibility index (Phi) is 10.6. The van der Waals surface area contributed by atoms with Crippen molar-refractivity contribution in [2.45, 2.75) is 71.3 Å². The van der Waals surface area contributed by atoms with Crippen LogP contribution >= 0.6 is 0 Å². The number of aromatic nitrogens is 6. The lowest BCUT2D eigenvalue weighted by Gasteiger charge is -2.36. The fraction of sp³-hybridized carbons (Fsp3) is 0.364. The monoisotopic (exact) mass is 780 g/mol. The maximum absolute atomic E-state index is 12.9. The highest BCUT2D eigenvalue weighted by Gasteiger charge is 2.28. The van der Waals surface area contributed by atoms with Gasteiger partial charge in [-0.1, -0.05) is 62.3 Å². The van der Waals surface area contributed by atoms with Gasteiger partial charge in [0.15, 0.2) is 5.65 Å². The lowest BCUT2D eigenvalue weighted by Crippen LogP contribution is -2.47. The minimum absolute atomic E-state index is 0.0158. The van der Waals surface area contributed by atoms with Gasteiger partial charge in [-0.25, -0.2) is 4.98 Å². The number of benzene rings is 2. The highest BCUT2D eigenvalue weighted by molar-refractivity contribution is 6.01. The van der Waals surface area contributed by atoms with Crippen LogP contribution in [0.5, 0.6) is 0 Å². The lowest BCUT2D eigenvalue weighted by atomic mass is 9.90. The second kappa shape index (κ2) is 15.9. The number of imide groups is 1. The van der Waals surface area contributed by atoms with Gasteiger partial charge in [0.25, 0.3) is 11.7 Å². The molecule has 6 heterocycles. The summed E-state index contributed by atoms with van der Waals surface area (Å²) in [5, 5.41) is 17.9. The molecule has 8 rings (SSSR count). The van der Waals surface area contributed by atoms with E-state index < -0.39 is 5.91 Å². The number of piperidine rings is 1. The molecule has 0 radical (unpaired) electrons. The molecule has 4 aromatic heterocycles. The van der Waals surface area contributed by atoms with E-state index in [1.165, 1.54) is 5.56 Å². The van der Waals surface area contributed by atoms with Crippen LogP contribution in [0, 0.1) is 6.92 Å². The van der Waals surface area contributed by atoms with Crippen LogP contribution in [0.25, 0.3) is 33.5 Å². The van der Waals surface area contributed by atoms with Crippen LogP contribution in [-0.4, -0.2) is 85.7 Å². The van der Waals surface area contributed by atoms with Crippen molar-refractivity contribution in [3.05, 3.63) is 107 Å². The van der Waals surface area contributed by atoms with Crippen molar-refractivity contribution in [1.82, 2.24) is 45.8 Å². The first-order chi connectivity index (χ1) is 27.9. The Labute approximate surface area is 336 Å². The van der Waals surface area contributed by atoms with Crippen molar-refractivity contribution in [3.63, 3.8) is 0 Å². The first-order valence-electron chi connectivity index (χ1n) is 19.9. The SMILES string of the molecule is Cc1cc(-c2n[nH]c3ncc(-c4ccc(N5CCN(CCc6ccc([C@H]7CCC(=O)NC7=O)cc6)CC5)cn4)cc23)ccc1[C@@H](C)NC(=O)c1noc(C(C)(C)C)n1. The third-order valence-corrected chi connectivity index (χ3v) is 11.2. The van der Waals surface area contributed by atoms with Crippen LogP contribution in [0.1, 0.15) is 91.3 Å². The molecule has 58 heavy (non-hydrogen) atoms. The summed E-state index contributed by atoms with van der Waals surface area (Å²) in [5.74, 6) is -0.596. The predicted octanol–water partition coefficient (Wildman–Crippen LogP) is 6.05. The zero-order valence-electron chi connectivity index (χ0n) is 33.5. The number of carbonyl (C=O) groups excluding carboxylic acids is 3. The average molecular weight is 781 g/mol. The third-order valence-electron chi connectivity index (χ3n) is 11.2. The van der Waals surface area contributed by atoms with Crippen molar-refractivity contribution < 1.29 is 18.9 Å². The van der Waals surface area contributed by atoms with Gasteiger partial charge < -0.3 is 14.7 Å². The number of piperazine rings is 1. The van der Waals surface area contributed by atoms with Gasteiger partial charge in [0.2, 0.25) is 17.7 Å². The van der Waals surface area contributed by atoms with E-state index >= 15 is 0 Å². The van der Waals surface area contributed by atoms with Crippen molar-refractivity contribution in [3.8, 4) is 22.5 Å². The lowest BCUT2D eigenvalue weighted by molar-refractivity contribution is -0.134. The summed E-state index contributed by atoms with van der Waals surface area (Å²) in [7, 11) is 0. The number of nitrogens with zero attached hydrogens (tertiary/aromatic N) is 7. The number of rotatable bonds is 10. The summed E-state index contributed by atoms with van der Waals surface area (Å²) in [6.07, 6.45) is 5.66. The first-order valence-corrected chi connectivity index (χ1v) is 19.9. The number of aryl methyl sites for hydroxylation is 1. The van der Waals surface area contributed by atoms with Crippen LogP contribution in [0.3, 0.4) is 0 Å². The van der Waals surface area contributed by atoms with Crippen LogP contribution < -0.4 is 15.5 Å². The number of anilines is 1. The van der Waals surface area contributed by atoms with E-state index in [0.717, 1.165) is 89.4 Å². The van der Waals surface area contributed by atoms with E-state index in [2.05, 4.69) is 82.2 Å². The Bertz CT molecular complexity index is 2460. The van der Waals surface area contributed by atoms with Crippen molar-refractivity contribution in [2.24, 2.45) is 0 Å². The number of aromatic amines is 1. The zero-order chi connectivity index (χ0) is 40.6. The molecule has 0 unspecified atom stereocenters. The second-order valence-corrected chi connectivity index (χ2v) is 16.4. The van der Waals surface area contributed by atoms with Crippen molar-refractivity contribution >= 4 is 34.4 Å². The van der Waals surface area contributed by atoms with Crippen LogP contribution in [0.15, 0.2) is 77.6 Å². The Morgan fingerprint density at radius 2 is 1.76 bits per heavy atom. The normalized spacial score (nSPS) is 17.1. The van der Waals surface area contributed by atoms with E-state index in [9.17, 15) is 14.4 Å². The second-order valence-electron chi connectivity index (χ2n) is 16.4. The van der Waals surface area contributed by atoms with Gasteiger partial charge >= 0.3 is 0 Å². The highest BCUT2D eigenvalue weighted by atomic mass is 16.5. The summed E-state index contributed by atoms with van der Waals surface area (Å²) in [6.45, 7) is 14.5. The number of pyridine rings is 2. The first kappa shape index (κ1) is 38.6. The van der Waals surface area contributed by atoms with Gasteiger partial charge in [0.1, 0.15) is 5.69 Å². The standard InChI is InChI=1S/C44H48N10O4/c1-26-22-30(10-12-33(26)27(2)47-42(57)40-49-43(58-52-40)44(3,4)5)38-35-23-31(24-46-39(35)51-50-38)36-14-11-32(25-45-36)54-20-18-53(19-21-54)17-16-28-6-8-29(9-7-28)34-13-15-37(55)48-41(34)56/h6-12,14,22-25,27,34H,13,15-21H2,1-5H3,(H,47,57)(H,46,50,51)(H,48,55,56)/t27-,34-/m1/s1. The van der Waals surface area contributed by atoms with Gasteiger partial charge in [0.05, 0.1) is 29.5 Å². The molecular weight excluding hydrogens is 733 g/mol. The Morgan fingerprint density at radius 1 is 0.966 bits per heavy atom. The molecule has 2 aliphatic heterocycles. The quantitative estimate of drug-likeness (QED) is 0.138. The molecule has 14 heteroatoms. The summed E-state index contributed by atoms with van der Waals surface area (Å²) in [4.78, 5) is 55.4. The Hall–Kier alpha value is -6.28. The van der Waals surface area contributed by atoms with Gasteiger partial charge in [-0.2, -0.15) is 10.1 Å². The van der Waals surface area contributed by atoms with Gasteiger partial charge in [-0.3, -0.25) is 34.7 Å². The van der Waals surface area contributed by atoms with Crippen molar-refractivity contribution in [2.75, 3.05) is 37.6 Å². The molecule has 2 aliphatic rings. The van der Waals surface area contributed by atoms with E-state index in [1.807, 2.05) is 71.3 Å². The maximum Gasteiger partial charge on any atom is 0.293 e. The average Bonchev–Trinajstić information content (AvgIpc) is 3.89. The number of amides is 3. The molecule has 2 fully saturated rings.